The molecule has 0 aliphatic heterocycles. The number of ether oxygens (including phenoxy) is 2. The van der Waals surface area contributed by atoms with E-state index in [9.17, 15) is 9.59 Å². The summed E-state index contributed by atoms with van der Waals surface area (Å²) in [4.78, 5) is 24.7. The summed E-state index contributed by atoms with van der Waals surface area (Å²) in [5.41, 5.74) is 14.5. The van der Waals surface area contributed by atoms with E-state index in [0.717, 1.165) is 49.1 Å². The highest BCUT2D eigenvalue weighted by Gasteiger charge is 2.27. The molecule has 4 N–H and O–H groups in total. The molecule has 1 aliphatic carbocycles. The molecule has 0 bridgehead atoms. The minimum atomic E-state index is -0.430. The fraction of sp³-hybridized carbons (Fsp3) is 0.438. The summed E-state index contributed by atoms with van der Waals surface area (Å²) in [5.74, 6) is 0.684. The molecule has 204 valence electrons. The van der Waals surface area contributed by atoms with Crippen LogP contribution in [0.4, 0.5) is 11.4 Å². The highest BCUT2D eigenvalue weighted by molar-refractivity contribution is 5.87. The average molecular weight is 519 g/mol. The molecule has 6 nitrogen and oxygen atoms in total. The second-order valence-electron chi connectivity index (χ2n) is 10.2. The predicted octanol–water partition coefficient (Wildman–Crippen LogP) is 6.89. The number of carbonyl (C=O) groups is 2. The van der Waals surface area contributed by atoms with Gasteiger partial charge in [-0.25, -0.2) is 4.79 Å². The van der Waals surface area contributed by atoms with E-state index in [1.807, 2.05) is 30.3 Å². The van der Waals surface area contributed by atoms with Crippen molar-refractivity contribution in [2.45, 2.75) is 70.6 Å². The Morgan fingerprint density at radius 2 is 1.61 bits per heavy atom. The lowest BCUT2D eigenvalue weighted by atomic mass is 9.80. The highest BCUT2D eigenvalue weighted by atomic mass is 16.5. The summed E-state index contributed by atoms with van der Waals surface area (Å²) in [6, 6.07) is 12.5. The van der Waals surface area contributed by atoms with Gasteiger partial charge in [0.1, 0.15) is 5.75 Å². The van der Waals surface area contributed by atoms with Crippen LogP contribution in [0.2, 0.25) is 0 Å². The lowest BCUT2D eigenvalue weighted by Gasteiger charge is -2.27. The van der Waals surface area contributed by atoms with Crippen LogP contribution in [0.5, 0.6) is 5.75 Å². The Balaban J connectivity index is 1.33. The predicted molar refractivity (Wildman–Crippen MR) is 154 cm³/mol. The SMILES string of the molecule is C=CCCCCCCC1CCC(C(=O)Oc2ccc(C=CC(=O)OCCc3cc(N)cc(N)c3)cc2)CC1. The maximum Gasteiger partial charge on any atom is 0.330 e. The van der Waals surface area contributed by atoms with E-state index in [2.05, 4.69) is 6.58 Å². The van der Waals surface area contributed by atoms with Gasteiger partial charge in [0, 0.05) is 23.9 Å². The molecule has 0 unspecified atom stereocenters. The van der Waals surface area contributed by atoms with Gasteiger partial charge in [0.25, 0.3) is 0 Å². The van der Waals surface area contributed by atoms with Gasteiger partial charge in [-0.2, -0.15) is 0 Å². The number of rotatable bonds is 14. The smallest absolute Gasteiger partial charge is 0.330 e. The number of anilines is 2. The van der Waals surface area contributed by atoms with E-state index >= 15 is 0 Å². The summed E-state index contributed by atoms with van der Waals surface area (Å²) in [7, 11) is 0. The largest absolute Gasteiger partial charge is 0.462 e. The molecule has 0 spiro atoms. The summed E-state index contributed by atoms with van der Waals surface area (Å²) in [5, 5.41) is 0. The van der Waals surface area contributed by atoms with Crippen molar-refractivity contribution in [1.82, 2.24) is 0 Å². The Morgan fingerprint density at radius 1 is 0.921 bits per heavy atom. The molecule has 38 heavy (non-hydrogen) atoms. The van der Waals surface area contributed by atoms with Crippen molar-refractivity contribution in [3.63, 3.8) is 0 Å². The minimum absolute atomic E-state index is 0.0167. The zero-order chi connectivity index (χ0) is 27.2. The van der Waals surface area contributed by atoms with Crippen molar-refractivity contribution in [1.29, 1.82) is 0 Å². The van der Waals surface area contributed by atoms with Crippen LogP contribution in [0.25, 0.3) is 6.08 Å². The summed E-state index contributed by atoms with van der Waals surface area (Å²) < 4.78 is 10.9. The lowest BCUT2D eigenvalue weighted by molar-refractivity contribution is -0.140. The third-order valence-electron chi connectivity index (χ3n) is 7.13. The van der Waals surface area contributed by atoms with Crippen molar-refractivity contribution < 1.29 is 19.1 Å². The van der Waals surface area contributed by atoms with Gasteiger partial charge in [0.2, 0.25) is 0 Å². The number of allylic oxidation sites excluding steroid dienone is 1. The molecule has 1 fully saturated rings. The maximum absolute atomic E-state index is 12.7. The molecule has 0 radical (unpaired) electrons. The fourth-order valence-electron chi connectivity index (χ4n) is 4.98. The fourth-order valence-corrected chi connectivity index (χ4v) is 4.98. The van der Waals surface area contributed by atoms with Crippen LogP contribution in [-0.4, -0.2) is 18.5 Å². The molecule has 2 aromatic rings. The zero-order valence-electron chi connectivity index (χ0n) is 22.4. The van der Waals surface area contributed by atoms with E-state index in [-0.39, 0.29) is 18.5 Å². The van der Waals surface area contributed by atoms with Gasteiger partial charge in [0.05, 0.1) is 12.5 Å². The molecule has 0 aromatic heterocycles. The zero-order valence-corrected chi connectivity index (χ0v) is 22.4. The first-order valence-corrected chi connectivity index (χ1v) is 13.9. The summed E-state index contributed by atoms with van der Waals surface area (Å²) >= 11 is 0. The van der Waals surface area contributed by atoms with E-state index in [0.29, 0.717) is 23.5 Å². The van der Waals surface area contributed by atoms with E-state index in [4.69, 9.17) is 20.9 Å². The van der Waals surface area contributed by atoms with Crippen molar-refractivity contribution >= 4 is 29.4 Å². The van der Waals surface area contributed by atoms with Crippen molar-refractivity contribution in [2.24, 2.45) is 11.8 Å². The Morgan fingerprint density at radius 3 is 2.29 bits per heavy atom. The summed E-state index contributed by atoms with van der Waals surface area (Å²) in [6.45, 7) is 4.01. The molecule has 0 heterocycles. The Kier molecular flexibility index (Phi) is 12.0. The minimum Gasteiger partial charge on any atom is -0.462 e. The number of nitrogen functional groups attached to an aromatic ring is 2. The van der Waals surface area contributed by atoms with Gasteiger partial charge >= 0.3 is 11.9 Å². The first-order chi connectivity index (χ1) is 18.4. The Bertz CT molecular complexity index is 1050. The summed E-state index contributed by atoms with van der Waals surface area (Å²) in [6.07, 6.45) is 17.1. The monoisotopic (exact) mass is 518 g/mol. The van der Waals surface area contributed by atoms with Gasteiger partial charge in [-0.05, 0) is 92.0 Å². The third-order valence-corrected chi connectivity index (χ3v) is 7.13. The van der Waals surface area contributed by atoms with Crippen LogP contribution in [0.15, 0.2) is 61.2 Å². The van der Waals surface area contributed by atoms with Crippen LogP contribution >= 0.6 is 0 Å². The number of esters is 2. The van der Waals surface area contributed by atoms with E-state index in [1.54, 1.807) is 24.3 Å². The number of carbonyl (C=O) groups excluding carboxylic acids is 2. The molecular weight excluding hydrogens is 476 g/mol. The molecule has 0 amide bonds. The quantitative estimate of drug-likeness (QED) is 0.0705. The van der Waals surface area contributed by atoms with Crippen LogP contribution in [0.3, 0.4) is 0 Å². The van der Waals surface area contributed by atoms with Gasteiger partial charge in [-0.1, -0.05) is 43.9 Å². The molecule has 0 atom stereocenters. The molecule has 1 saturated carbocycles. The molecule has 6 heteroatoms. The van der Waals surface area contributed by atoms with Crippen LogP contribution in [0.1, 0.15) is 75.3 Å². The third kappa shape index (κ3) is 10.4. The van der Waals surface area contributed by atoms with E-state index in [1.165, 1.54) is 38.2 Å². The van der Waals surface area contributed by atoms with Crippen LogP contribution in [-0.2, 0) is 20.7 Å². The first-order valence-electron chi connectivity index (χ1n) is 13.9. The molecule has 2 aromatic carbocycles. The Labute approximate surface area is 227 Å². The lowest BCUT2D eigenvalue weighted by Crippen LogP contribution is -2.25. The topological polar surface area (TPSA) is 105 Å². The molecule has 3 rings (SSSR count). The van der Waals surface area contributed by atoms with Gasteiger partial charge in [0.15, 0.2) is 0 Å². The normalized spacial score (nSPS) is 17.3. The number of hydrogen-bond donors (Lipinski definition) is 2. The van der Waals surface area contributed by atoms with Crippen molar-refractivity contribution in [3.8, 4) is 5.75 Å². The van der Waals surface area contributed by atoms with Crippen molar-refractivity contribution in [3.05, 3.63) is 72.3 Å². The molecular formula is C32H42N2O4. The highest BCUT2D eigenvalue weighted by Crippen LogP contribution is 2.33. The van der Waals surface area contributed by atoms with Crippen molar-refractivity contribution in [2.75, 3.05) is 18.1 Å². The van der Waals surface area contributed by atoms with Gasteiger partial charge in [-0.3, -0.25) is 4.79 Å². The number of benzene rings is 2. The van der Waals surface area contributed by atoms with Gasteiger partial charge in [-0.15, -0.1) is 6.58 Å². The van der Waals surface area contributed by atoms with Crippen LogP contribution < -0.4 is 16.2 Å². The maximum atomic E-state index is 12.7. The number of unbranched alkanes of at least 4 members (excludes halogenated alkanes) is 4. The standard InChI is InChI=1S/C32H42N2O4/c1-2-3-4-5-6-7-8-24-9-14-27(15-10-24)32(36)38-30-16-11-25(12-17-30)13-18-31(35)37-20-19-26-21-28(33)23-29(34)22-26/h2,11-13,16-18,21-24,27H,1,3-10,14-15,19-20,33-34H2. The first kappa shape index (κ1) is 29.0. The molecule has 1 aliphatic rings. The van der Waals surface area contributed by atoms with E-state index < -0.39 is 5.97 Å². The van der Waals surface area contributed by atoms with Crippen LogP contribution in [0, 0.1) is 11.8 Å². The molecule has 0 saturated heterocycles. The van der Waals surface area contributed by atoms with Gasteiger partial charge < -0.3 is 20.9 Å². The second kappa shape index (κ2) is 15.7. The number of nitrogens with two attached hydrogens (primary N) is 2. The average Bonchev–Trinajstić information content (AvgIpc) is 2.90. The Hall–Kier alpha value is -3.54. The number of hydrogen-bond acceptors (Lipinski definition) is 6. The second-order valence-corrected chi connectivity index (χ2v) is 10.2.